The molecule has 1 unspecified atom stereocenters. The number of aromatic nitrogens is 1. The topological polar surface area (TPSA) is 42.4 Å². The van der Waals surface area contributed by atoms with E-state index >= 15 is 0 Å². The Morgan fingerprint density at radius 1 is 1.69 bits per heavy atom. The third-order valence-corrected chi connectivity index (χ3v) is 3.08. The molecular formula is C11H13BrN2O2. The van der Waals surface area contributed by atoms with Gasteiger partial charge in [0.25, 0.3) is 5.91 Å². The predicted molar refractivity (Wildman–Crippen MR) is 64.3 cm³/mol. The first-order chi connectivity index (χ1) is 7.68. The monoisotopic (exact) mass is 284 g/mol. The van der Waals surface area contributed by atoms with Crippen molar-refractivity contribution in [1.82, 2.24) is 4.98 Å². The van der Waals surface area contributed by atoms with Gasteiger partial charge in [0, 0.05) is 24.3 Å². The first-order valence-corrected chi connectivity index (χ1v) is 5.98. The summed E-state index contributed by atoms with van der Waals surface area (Å²) in [5.74, 6) is 0.609. The van der Waals surface area contributed by atoms with Crippen molar-refractivity contribution in [2.24, 2.45) is 0 Å². The zero-order valence-corrected chi connectivity index (χ0v) is 10.6. The summed E-state index contributed by atoms with van der Waals surface area (Å²) < 4.78 is 6.26. The Balaban J connectivity index is 2.11. The number of pyridine rings is 1. The van der Waals surface area contributed by atoms with Crippen molar-refractivity contribution < 1.29 is 9.53 Å². The lowest BCUT2D eigenvalue weighted by Crippen LogP contribution is -2.36. The number of amides is 1. The van der Waals surface area contributed by atoms with E-state index in [9.17, 15) is 4.79 Å². The van der Waals surface area contributed by atoms with Crippen LogP contribution < -0.4 is 4.90 Å². The molecule has 1 atom stereocenters. The van der Waals surface area contributed by atoms with Crippen LogP contribution in [0.25, 0.3) is 0 Å². The smallest absolute Gasteiger partial charge is 0.257 e. The maximum atomic E-state index is 12.0. The Hall–Kier alpha value is -0.940. The van der Waals surface area contributed by atoms with Crippen LogP contribution in [-0.4, -0.2) is 30.6 Å². The number of anilines is 1. The molecule has 0 bridgehead atoms. The number of halogens is 1. The number of nitrogens with zero attached hydrogens (tertiary/aromatic N) is 2. The van der Waals surface area contributed by atoms with Gasteiger partial charge in [0.05, 0.1) is 0 Å². The fraction of sp³-hybridized carbons (Fsp3) is 0.455. The Labute approximate surface area is 103 Å². The van der Waals surface area contributed by atoms with E-state index in [1.165, 1.54) is 0 Å². The SMILES string of the molecule is CN(C(=O)C1CCCO1)c1cc(Br)ccn1. The molecule has 0 spiro atoms. The normalized spacial score (nSPS) is 19.8. The number of carbonyl (C=O) groups excluding carboxylic acids is 1. The zero-order chi connectivity index (χ0) is 11.5. The predicted octanol–water partition coefficient (Wildman–Crippen LogP) is 1.99. The van der Waals surface area contributed by atoms with E-state index in [0.717, 1.165) is 17.3 Å². The molecule has 5 heteroatoms. The van der Waals surface area contributed by atoms with E-state index in [0.29, 0.717) is 12.4 Å². The summed E-state index contributed by atoms with van der Waals surface area (Å²) in [6.45, 7) is 0.677. The minimum atomic E-state index is -0.300. The number of likely N-dealkylation sites (N-methyl/N-ethyl adjacent to an activating group) is 1. The van der Waals surface area contributed by atoms with Gasteiger partial charge in [0.1, 0.15) is 11.9 Å². The van der Waals surface area contributed by atoms with Gasteiger partial charge in [-0.1, -0.05) is 15.9 Å². The van der Waals surface area contributed by atoms with E-state index < -0.39 is 0 Å². The highest BCUT2D eigenvalue weighted by Gasteiger charge is 2.27. The van der Waals surface area contributed by atoms with Gasteiger partial charge in [-0.2, -0.15) is 0 Å². The van der Waals surface area contributed by atoms with E-state index in [4.69, 9.17) is 4.74 Å². The van der Waals surface area contributed by atoms with E-state index in [1.54, 1.807) is 18.1 Å². The van der Waals surface area contributed by atoms with E-state index in [2.05, 4.69) is 20.9 Å². The lowest BCUT2D eigenvalue weighted by Gasteiger charge is -2.19. The molecule has 1 aromatic rings. The molecular weight excluding hydrogens is 272 g/mol. The summed E-state index contributed by atoms with van der Waals surface area (Å²) in [6.07, 6.45) is 3.12. The molecule has 1 amide bonds. The molecule has 1 saturated heterocycles. The summed E-state index contributed by atoms with van der Waals surface area (Å²) >= 11 is 3.35. The van der Waals surface area contributed by atoms with Crippen LogP contribution in [0.2, 0.25) is 0 Å². The second-order valence-corrected chi connectivity index (χ2v) is 4.65. The van der Waals surface area contributed by atoms with Crippen LogP contribution >= 0.6 is 15.9 Å². The average molecular weight is 285 g/mol. The molecule has 16 heavy (non-hydrogen) atoms. The first-order valence-electron chi connectivity index (χ1n) is 5.19. The number of carbonyl (C=O) groups is 1. The van der Waals surface area contributed by atoms with Gasteiger partial charge >= 0.3 is 0 Å². The molecule has 4 nitrogen and oxygen atoms in total. The summed E-state index contributed by atoms with van der Waals surface area (Å²) in [5, 5.41) is 0. The highest BCUT2D eigenvalue weighted by molar-refractivity contribution is 9.10. The number of hydrogen-bond acceptors (Lipinski definition) is 3. The Kier molecular flexibility index (Phi) is 3.56. The highest BCUT2D eigenvalue weighted by Crippen LogP contribution is 2.20. The van der Waals surface area contributed by atoms with E-state index in [1.807, 2.05) is 12.1 Å². The zero-order valence-electron chi connectivity index (χ0n) is 9.02. The van der Waals surface area contributed by atoms with Crippen LogP contribution in [-0.2, 0) is 9.53 Å². The molecule has 2 rings (SSSR count). The quantitative estimate of drug-likeness (QED) is 0.834. The molecule has 1 aromatic heterocycles. The molecule has 1 fully saturated rings. The van der Waals surface area contributed by atoms with Gasteiger partial charge in [0.2, 0.25) is 0 Å². The summed E-state index contributed by atoms with van der Waals surface area (Å²) in [5.41, 5.74) is 0. The van der Waals surface area contributed by atoms with Gasteiger partial charge in [-0.05, 0) is 25.0 Å². The van der Waals surface area contributed by atoms with Gasteiger partial charge in [-0.15, -0.1) is 0 Å². The van der Waals surface area contributed by atoms with Crippen LogP contribution in [0, 0.1) is 0 Å². The molecule has 86 valence electrons. The van der Waals surface area contributed by atoms with Crippen molar-refractivity contribution in [2.75, 3.05) is 18.6 Å². The molecule has 0 aliphatic carbocycles. The van der Waals surface area contributed by atoms with Gasteiger partial charge in [0.15, 0.2) is 0 Å². The maximum absolute atomic E-state index is 12.0. The number of ether oxygens (including phenoxy) is 1. The van der Waals surface area contributed by atoms with Crippen LogP contribution in [0.5, 0.6) is 0 Å². The lowest BCUT2D eigenvalue weighted by atomic mass is 10.2. The summed E-state index contributed by atoms with van der Waals surface area (Å²) in [4.78, 5) is 17.7. The van der Waals surface area contributed by atoms with Gasteiger partial charge in [-0.25, -0.2) is 4.98 Å². The van der Waals surface area contributed by atoms with Crippen molar-refractivity contribution in [1.29, 1.82) is 0 Å². The largest absolute Gasteiger partial charge is 0.368 e. The molecule has 0 radical (unpaired) electrons. The van der Waals surface area contributed by atoms with Crippen LogP contribution in [0.4, 0.5) is 5.82 Å². The molecule has 2 heterocycles. The first kappa shape index (κ1) is 11.5. The molecule has 0 N–H and O–H groups in total. The van der Waals surface area contributed by atoms with Gasteiger partial charge in [-0.3, -0.25) is 9.69 Å². The van der Waals surface area contributed by atoms with Crippen LogP contribution in [0.1, 0.15) is 12.8 Å². The standard InChI is InChI=1S/C11H13BrN2O2/c1-14(10-7-8(12)4-5-13-10)11(15)9-3-2-6-16-9/h4-5,7,9H,2-3,6H2,1H3. The van der Waals surface area contributed by atoms with Gasteiger partial charge < -0.3 is 4.74 Å². The Morgan fingerprint density at radius 2 is 2.50 bits per heavy atom. The molecule has 0 aromatic carbocycles. The third-order valence-electron chi connectivity index (χ3n) is 2.59. The van der Waals surface area contributed by atoms with Crippen molar-refractivity contribution in [3.05, 3.63) is 22.8 Å². The molecule has 1 aliphatic heterocycles. The Morgan fingerprint density at radius 3 is 3.12 bits per heavy atom. The van der Waals surface area contributed by atoms with Crippen molar-refractivity contribution >= 4 is 27.7 Å². The summed E-state index contributed by atoms with van der Waals surface area (Å²) in [7, 11) is 1.72. The second kappa shape index (κ2) is 4.93. The van der Waals surface area contributed by atoms with Crippen LogP contribution in [0.3, 0.4) is 0 Å². The average Bonchev–Trinajstić information content (AvgIpc) is 2.80. The third kappa shape index (κ3) is 2.41. The maximum Gasteiger partial charge on any atom is 0.257 e. The van der Waals surface area contributed by atoms with E-state index in [-0.39, 0.29) is 12.0 Å². The van der Waals surface area contributed by atoms with Crippen molar-refractivity contribution in [2.45, 2.75) is 18.9 Å². The Bertz CT molecular complexity index is 391. The minimum absolute atomic E-state index is 0.0249. The number of rotatable bonds is 2. The van der Waals surface area contributed by atoms with Crippen LogP contribution in [0.15, 0.2) is 22.8 Å². The molecule has 0 saturated carbocycles. The highest BCUT2D eigenvalue weighted by atomic mass is 79.9. The second-order valence-electron chi connectivity index (χ2n) is 3.73. The fourth-order valence-corrected chi connectivity index (χ4v) is 2.00. The number of hydrogen-bond donors (Lipinski definition) is 0. The summed E-state index contributed by atoms with van der Waals surface area (Å²) in [6, 6.07) is 3.64. The fourth-order valence-electron chi connectivity index (χ4n) is 1.68. The minimum Gasteiger partial charge on any atom is -0.368 e. The van der Waals surface area contributed by atoms with Crippen molar-refractivity contribution in [3.63, 3.8) is 0 Å². The van der Waals surface area contributed by atoms with Crippen molar-refractivity contribution in [3.8, 4) is 0 Å². The molecule has 1 aliphatic rings. The lowest BCUT2D eigenvalue weighted by molar-refractivity contribution is -0.127.